The number of thiophene rings is 1. The number of fused-ring (bicyclic) bond motifs is 1. The monoisotopic (exact) mass is 414 g/mol. The van der Waals surface area contributed by atoms with Crippen LogP contribution in [0.4, 0.5) is 5.00 Å². The van der Waals surface area contributed by atoms with Gasteiger partial charge in [-0.3, -0.25) is 9.79 Å². The van der Waals surface area contributed by atoms with Crippen LogP contribution in [-0.4, -0.2) is 32.4 Å². The fourth-order valence-electron chi connectivity index (χ4n) is 3.55. The van der Waals surface area contributed by atoms with Gasteiger partial charge in [0.25, 0.3) is 0 Å². The molecule has 1 amide bonds. The third-order valence-electron chi connectivity index (χ3n) is 5.11. The van der Waals surface area contributed by atoms with Gasteiger partial charge in [0.05, 0.1) is 19.9 Å². The number of hydrogen-bond donors (Lipinski definition) is 1. The second-order valence-electron chi connectivity index (χ2n) is 7.26. The molecule has 1 aliphatic rings. The first-order valence-corrected chi connectivity index (χ1v) is 11.2. The van der Waals surface area contributed by atoms with Crippen molar-refractivity contribution in [1.29, 1.82) is 0 Å². The minimum Gasteiger partial charge on any atom is -0.493 e. The van der Waals surface area contributed by atoms with Crippen LogP contribution in [0.1, 0.15) is 61.5 Å². The predicted molar refractivity (Wildman–Crippen MR) is 120 cm³/mol. The van der Waals surface area contributed by atoms with Crippen molar-refractivity contribution in [1.82, 2.24) is 0 Å². The Morgan fingerprint density at radius 2 is 1.79 bits per heavy atom. The van der Waals surface area contributed by atoms with Gasteiger partial charge in [-0.05, 0) is 37.1 Å². The molecule has 0 aliphatic carbocycles. The molecular formula is C23H30N2O3S. The van der Waals surface area contributed by atoms with E-state index in [9.17, 15) is 4.79 Å². The molecule has 0 bridgehead atoms. The van der Waals surface area contributed by atoms with Crippen molar-refractivity contribution < 1.29 is 14.3 Å². The zero-order chi connectivity index (χ0) is 20.6. The Morgan fingerprint density at radius 1 is 1.03 bits per heavy atom. The van der Waals surface area contributed by atoms with E-state index in [1.54, 1.807) is 25.6 Å². The average Bonchev–Trinajstić information content (AvgIpc) is 3.05. The van der Waals surface area contributed by atoms with Gasteiger partial charge in [0.1, 0.15) is 11.5 Å². The molecular weight excluding hydrogens is 384 g/mol. The van der Waals surface area contributed by atoms with Gasteiger partial charge in [-0.15, -0.1) is 11.3 Å². The fraction of sp³-hybridized carbons (Fsp3) is 0.478. The summed E-state index contributed by atoms with van der Waals surface area (Å²) in [6.07, 6.45) is 8.70. The number of amides is 1. The van der Waals surface area contributed by atoms with Gasteiger partial charge in [0.2, 0.25) is 5.91 Å². The molecule has 0 spiro atoms. The molecule has 2 aromatic rings. The standard InChI is InChI=1S/C23H30N2O3S/c1-4-5-6-7-8-9-10-17-14-18-22(24-15-21(26)25-23(18)29-17)16-11-12-19(27-2)20(13-16)28-3/h11-14H,4-10,15H2,1-3H3,(H,25,26). The zero-order valence-corrected chi connectivity index (χ0v) is 18.4. The van der Waals surface area contributed by atoms with Crippen molar-refractivity contribution in [3.8, 4) is 11.5 Å². The summed E-state index contributed by atoms with van der Waals surface area (Å²) in [5, 5.41) is 3.91. The number of carbonyl (C=O) groups is 1. The van der Waals surface area contributed by atoms with E-state index in [1.807, 2.05) is 18.2 Å². The summed E-state index contributed by atoms with van der Waals surface area (Å²) in [4.78, 5) is 18.1. The van der Waals surface area contributed by atoms with Crippen LogP contribution in [0.25, 0.3) is 0 Å². The Balaban J connectivity index is 1.80. The zero-order valence-electron chi connectivity index (χ0n) is 17.5. The van der Waals surface area contributed by atoms with Crippen molar-refractivity contribution in [2.75, 3.05) is 26.1 Å². The molecule has 2 heterocycles. The summed E-state index contributed by atoms with van der Waals surface area (Å²) in [6, 6.07) is 7.94. The van der Waals surface area contributed by atoms with Gasteiger partial charge in [0.15, 0.2) is 11.5 Å². The van der Waals surface area contributed by atoms with E-state index in [0.717, 1.165) is 28.3 Å². The molecule has 1 aromatic heterocycles. The van der Waals surface area contributed by atoms with Crippen molar-refractivity contribution in [2.24, 2.45) is 4.99 Å². The maximum Gasteiger partial charge on any atom is 0.246 e. The van der Waals surface area contributed by atoms with Crippen molar-refractivity contribution in [3.63, 3.8) is 0 Å². The first-order valence-electron chi connectivity index (χ1n) is 10.4. The number of aryl methyl sites for hydroxylation is 1. The Bertz CT molecular complexity index is 873. The summed E-state index contributed by atoms with van der Waals surface area (Å²) >= 11 is 1.67. The molecule has 0 unspecified atom stereocenters. The minimum absolute atomic E-state index is 0.0744. The third kappa shape index (κ3) is 5.38. The molecule has 0 radical (unpaired) electrons. The lowest BCUT2D eigenvalue weighted by Gasteiger charge is -2.11. The van der Waals surface area contributed by atoms with Gasteiger partial charge in [-0.2, -0.15) is 0 Å². The topological polar surface area (TPSA) is 59.9 Å². The number of nitrogens with one attached hydrogen (secondary N) is 1. The number of unbranched alkanes of at least 4 members (excludes halogenated alkanes) is 5. The van der Waals surface area contributed by atoms with Crippen LogP contribution in [0, 0.1) is 0 Å². The van der Waals surface area contributed by atoms with Crippen LogP contribution >= 0.6 is 11.3 Å². The molecule has 3 rings (SSSR count). The van der Waals surface area contributed by atoms with Crippen LogP contribution in [-0.2, 0) is 11.2 Å². The van der Waals surface area contributed by atoms with Crippen molar-refractivity contribution in [3.05, 3.63) is 40.3 Å². The number of anilines is 1. The number of aliphatic imine (C=N–C) groups is 1. The van der Waals surface area contributed by atoms with E-state index in [0.29, 0.717) is 11.5 Å². The van der Waals surface area contributed by atoms with E-state index >= 15 is 0 Å². The number of hydrogen-bond acceptors (Lipinski definition) is 5. The van der Waals surface area contributed by atoms with Crippen LogP contribution in [0.2, 0.25) is 0 Å². The molecule has 29 heavy (non-hydrogen) atoms. The minimum atomic E-state index is -0.0744. The fourth-order valence-corrected chi connectivity index (χ4v) is 4.66. The second-order valence-corrected chi connectivity index (χ2v) is 8.39. The number of carbonyl (C=O) groups excluding carboxylic acids is 1. The molecule has 0 atom stereocenters. The van der Waals surface area contributed by atoms with Gasteiger partial charge in [-0.1, -0.05) is 39.0 Å². The first kappa shape index (κ1) is 21.4. The van der Waals surface area contributed by atoms with E-state index in [1.165, 1.54) is 43.4 Å². The van der Waals surface area contributed by atoms with Gasteiger partial charge in [0, 0.05) is 16.0 Å². The van der Waals surface area contributed by atoms with E-state index < -0.39 is 0 Å². The Morgan fingerprint density at radius 3 is 2.55 bits per heavy atom. The molecule has 1 N–H and O–H groups in total. The summed E-state index contributed by atoms with van der Waals surface area (Å²) in [5.41, 5.74) is 2.74. The van der Waals surface area contributed by atoms with Gasteiger partial charge >= 0.3 is 0 Å². The lowest BCUT2D eigenvalue weighted by molar-refractivity contribution is -0.114. The number of ether oxygens (including phenoxy) is 2. The maximum atomic E-state index is 12.2. The predicted octanol–water partition coefficient (Wildman–Crippen LogP) is 5.46. The van der Waals surface area contributed by atoms with E-state index in [4.69, 9.17) is 9.47 Å². The lowest BCUT2D eigenvalue weighted by Crippen LogP contribution is -2.12. The molecule has 1 aliphatic heterocycles. The van der Waals surface area contributed by atoms with Crippen LogP contribution < -0.4 is 14.8 Å². The third-order valence-corrected chi connectivity index (χ3v) is 6.22. The highest BCUT2D eigenvalue weighted by molar-refractivity contribution is 7.16. The lowest BCUT2D eigenvalue weighted by atomic mass is 10.0. The Hall–Kier alpha value is -2.34. The molecule has 0 saturated heterocycles. The Kier molecular flexibility index (Phi) is 7.69. The smallest absolute Gasteiger partial charge is 0.246 e. The summed E-state index contributed by atoms with van der Waals surface area (Å²) < 4.78 is 10.8. The largest absolute Gasteiger partial charge is 0.493 e. The number of nitrogens with zero attached hydrogens (tertiary/aromatic N) is 1. The molecule has 6 heteroatoms. The first-order chi connectivity index (χ1) is 14.2. The summed E-state index contributed by atoms with van der Waals surface area (Å²) in [6.45, 7) is 2.36. The maximum absolute atomic E-state index is 12.2. The highest BCUT2D eigenvalue weighted by atomic mass is 32.1. The molecule has 156 valence electrons. The summed E-state index contributed by atoms with van der Waals surface area (Å²) in [5.74, 6) is 1.25. The SMILES string of the molecule is CCCCCCCCc1cc2c(s1)NC(=O)CN=C2c1ccc(OC)c(OC)c1. The highest BCUT2D eigenvalue weighted by Gasteiger charge is 2.22. The van der Waals surface area contributed by atoms with Gasteiger partial charge < -0.3 is 14.8 Å². The van der Waals surface area contributed by atoms with Crippen LogP contribution in [0.3, 0.4) is 0 Å². The molecule has 0 saturated carbocycles. The normalized spacial score (nSPS) is 13.3. The van der Waals surface area contributed by atoms with Crippen LogP contribution in [0.5, 0.6) is 11.5 Å². The van der Waals surface area contributed by atoms with Crippen molar-refractivity contribution in [2.45, 2.75) is 51.9 Å². The molecule has 0 fully saturated rings. The Labute approximate surface area is 177 Å². The quantitative estimate of drug-likeness (QED) is 0.525. The van der Waals surface area contributed by atoms with Gasteiger partial charge in [-0.25, -0.2) is 0 Å². The number of methoxy groups -OCH3 is 2. The van der Waals surface area contributed by atoms with Crippen LogP contribution in [0.15, 0.2) is 29.3 Å². The number of benzene rings is 1. The molecule has 5 nitrogen and oxygen atoms in total. The molecule has 1 aromatic carbocycles. The average molecular weight is 415 g/mol. The van der Waals surface area contributed by atoms with Crippen molar-refractivity contribution >= 4 is 28.0 Å². The highest BCUT2D eigenvalue weighted by Crippen LogP contribution is 2.35. The summed E-state index contributed by atoms with van der Waals surface area (Å²) in [7, 11) is 3.24. The van der Waals surface area contributed by atoms with E-state index in [-0.39, 0.29) is 12.5 Å². The van der Waals surface area contributed by atoms with E-state index in [2.05, 4.69) is 23.3 Å². The second kappa shape index (κ2) is 10.4. The number of rotatable bonds is 10.